The van der Waals surface area contributed by atoms with Crippen LogP contribution in [0.2, 0.25) is 0 Å². The zero-order valence-electron chi connectivity index (χ0n) is 8.47. The molecule has 1 amide bonds. The summed E-state index contributed by atoms with van der Waals surface area (Å²) in [6, 6.07) is 0.610. The van der Waals surface area contributed by atoms with Gasteiger partial charge in [-0.05, 0) is 20.0 Å². The highest BCUT2D eigenvalue weighted by Crippen LogP contribution is 2.04. The maximum absolute atomic E-state index is 10.5. The Balaban J connectivity index is 1.97. The van der Waals surface area contributed by atoms with Gasteiger partial charge in [0.15, 0.2) is 0 Å². The van der Waals surface area contributed by atoms with Crippen LogP contribution in [0.5, 0.6) is 0 Å². The van der Waals surface area contributed by atoms with Gasteiger partial charge < -0.3 is 15.5 Å². The molecule has 1 heterocycles. The molecule has 1 fully saturated rings. The third-order valence-corrected chi connectivity index (χ3v) is 2.32. The van der Waals surface area contributed by atoms with Gasteiger partial charge in [0.25, 0.3) is 0 Å². The minimum Gasteiger partial charge on any atom is -0.355 e. The first kappa shape index (κ1) is 10.5. The Morgan fingerprint density at radius 2 is 2.31 bits per heavy atom. The minimum atomic E-state index is 0.0466. The van der Waals surface area contributed by atoms with E-state index in [2.05, 4.69) is 22.6 Å². The van der Waals surface area contributed by atoms with Gasteiger partial charge in [0.05, 0.1) is 0 Å². The SMILES string of the molecule is CC(=O)NCCNC1CCN(C)C1. The summed E-state index contributed by atoms with van der Waals surface area (Å²) in [7, 11) is 2.13. The summed E-state index contributed by atoms with van der Waals surface area (Å²) < 4.78 is 0. The third-order valence-electron chi connectivity index (χ3n) is 2.32. The first-order chi connectivity index (χ1) is 6.18. The van der Waals surface area contributed by atoms with Crippen molar-refractivity contribution in [2.45, 2.75) is 19.4 Å². The fourth-order valence-corrected chi connectivity index (χ4v) is 1.62. The standard InChI is InChI=1S/C9H19N3O/c1-8(13)10-4-5-11-9-3-6-12(2)7-9/h9,11H,3-7H2,1-2H3,(H,10,13). The molecule has 0 aromatic rings. The molecule has 1 rings (SSSR count). The van der Waals surface area contributed by atoms with Crippen molar-refractivity contribution in [1.82, 2.24) is 15.5 Å². The molecular formula is C9H19N3O. The van der Waals surface area contributed by atoms with E-state index in [-0.39, 0.29) is 5.91 Å². The van der Waals surface area contributed by atoms with Crippen molar-refractivity contribution in [3.63, 3.8) is 0 Å². The molecule has 1 saturated heterocycles. The largest absolute Gasteiger partial charge is 0.355 e. The summed E-state index contributed by atoms with van der Waals surface area (Å²) in [4.78, 5) is 12.9. The zero-order valence-corrected chi connectivity index (χ0v) is 8.47. The van der Waals surface area contributed by atoms with Gasteiger partial charge >= 0.3 is 0 Å². The summed E-state index contributed by atoms with van der Waals surface area (Å²) in [6.45, 7) is 5.45. The average Bonchev–Trinajstić information content (AvgIpc) is 2.45. The van der Waals surface area contributed by atoms with Crippen LogP contribution in [0.1, 0.15) is 13.3 Å². The van der Waals surface area contributed by atoms with Crippen molar-refractivity contribution in [2.24, 2.45) is 0 Å². The molecular weight excluding hydrogens is 166 g/mol. The lowest BCUT2D eigenvalue weighted by atomic mass is 10.2. The molecule has 0 radical (unpaired) electrons. The molecule has 13 heavy (non-hydrogen) atoms. The van der Waals surface area contributed by atoms with Crippen LogP contribution >= 0.6 is 0 Å². The van der Waals surface area contributed by atoms with E-state index in [0.717, 1.165) is 19.6 Å². The molecule has 76 valence electrons. The number of nitrogens with one attached hydrogen (secondary N) is 2. The van der Waals surface area contributed by atoms with E-state index in [1.807, 2.05) is 0 Å². The lowest BCUT2D eigenvalue weighted by molar-refractivity contribution is -0.118. The number of likely N-dealkylation sites (tertiary alicyclic amines) is 1. The van der Waals surface area contributed by atoms with Gasteiger partial charge in [-0.25, -0.2) is 0 Å². The molecule has 0 saturated carbocycles. The number of rotatable bonds is 4. The van der Waals surface area contributed by atoms with E-state index in [4.69, 9.17) is 0 Å². The number of carbonyl (C=O) groups excluding carboxylic acids is 1. The molecule has 0 aromatic heterocycles. The van der Waals surface area contributed by atoms with E-state index in [1.165, 1.54) is 13.0 Å². The minimum absolute atomic E-state index is 0.0466. The molecule has 1 aliphatic heterocycles. The summed E-state index contributed by atoms with van der Waals surface area (Å²) >= 11 is 0. The van der Waals surface area contributed by atoms with Crippen molar-refractivity contribution >= 4 is 5.91 Å². The van der Waals surface area contributed by atoms with E-state index in [9.17, 15) is 4.79 Å². The van der Waals surface area contributed by atoms with Crippen molar-refractivity contribution in [1.29, 1.82) is 0 Å². The molecule has 0 aromatic carbocycles. The molecule has 2 N–H and O–H groups in total. The van der Waals surface area contributed by atoms with Crippen LogP contribution in [-0.4, -0.2) is 50.1 Å². The van der Waals surface area contributed by atoms with Crippen LogP contribution in [0.3, 0.4) is 0 Å². The topological polar surface area (TPSA) is 44.4 Å². The van der Waals surface area contributed by atoms with Crippen LogP contribution in [0.25, 0.3) is 0 Å². The maximum atomic E-state index is 10.5. The van der Waals surface area contributed by atoms with Crippen molar-refractivity contribution < 1.29 is 4.79 Å². The van der Waals surface area contributed by atoms with Gasteiger partial charge in [-0.3, -0.25) is 4.79 Å². The van der Waals surface area contributed by atoms with E-state index in [1.54, 1.807) is 6.92 Å². The number of nitrogens with zero attached hydrogens (tertiary/aromatic N) is 1. The summed E-state index contributed by atoms with van der Waals surface area (Å²) in [6.07, 6.45) is 1.22. The highest BCUT2D eigenvalue weighted by molar-refractivity contribution is 5.72. The average molecular weight is 185 g/mol. The van der Waals surface area contributed by atoms with E-state index < -0.39 is 0 Å². The highest BCUT2D eigenvalue weighted by atomic mass is 16.1. The van der Waals surface area contributed by atoms with Crippen molar-refractivity contribution in [2.75, 3.05) is 33.2 Å². The van der Waals surface area contributed by atoms with Crippen LogP contribution < -0.4 is 10.6 Å². The van der Waals surface area contributed by atoms with E-state index >= 15 is 0 Å². The zero-order chi connectivity index (χ0) is 9.68. The Morgan fingerprint density at radius 1 is 1.54 bits per heavy atom. The van der Waals surface area contributed by atoms with Gasteiger partial charge in [-0.15, -0.1) is 0 Å². The van der Waals surface area contributed by atoms with Gasteiger partial charge in [0.1, 0.15) is 0 Å². The van der Waals surface area contributed by atoms with Crippen LogP contribution in [-0.2, 0) is 4.79 Å². The maximum Gasteiger partial charge on any atom is 0.216 e. The van der Waals surface area contributed by atoms with Gasteiger partial charge in [0.2, 0.25) is 5.91 Å². The summed E-state index contributed by atoms with van der Waals surface area (Å²) in [5, 5.41) is 6.18. The second-order valence-corrected chi connectivity index (χ2v) is 3.68. The summed E-state index contributed by atoms with van der Waals surface area (Å²) in [5.74, 6) is 0.0466. The second kappa shape index (κ2) is 5.19. The molecule has 4 nitrogen and oxygen atoms in total. The molecule has 1 atom stereocenters. The second-order valence-electron chi connectivity index (χ2n) is 3.68. The third kappa shape index (κ3) is 4.24. The van der Waals surface area contributed by atoms with Gasteiger partial charge in [-0.2, -0.15) is 0 Å². The van der Waals surface area contributed by atoms with Gasteiger partial charge in [0, 0.05) is 32.6 Å². The molecule has 0 spiro atoms. The Labute approximate surface area is 79.7 Å². The Hall–Kier alpha value is -0.610. The fourth-order valence-electron chi connectivity index (χ4n) is 1.62. The van der Waals surface area contributed by atoms with Gasteiger partial charge in [-0.1, -0.05) is 0 Å². The van der Waals surface area contributed by atoms with Crippen molar-refractivity contribution in [3.05, 3.63) is 0 Å². The molecule has 4 heteroatoms. The van der Waals surface area contributed by atoms with Crippen molar-refractivity contribution in [3.8, 4) is 0 Å². The number of amides is 1. The predicted octanol–water partition coefficient (Wildman–Crippen LogP) is -0.584. The van der Waals surface area contributed by atoms with Crippen LogP contribution in [0.15, 0.2) is 0 Å². The normalized spacial score (nSPS) is 23.4. The quantitative estimate of drug-likeness (QED) is 0.576. The number of hydrogen-bond donors (Lipinski definition) is 2. The summed E-state index contributed by atoms with van der Waals surface area (Å²) in [5.41, 5.74) is 0. The Kier molecular flexibility index (Phi) is 4.18. The lowest BCUT2D eigenvalue weighted by Gasteiger charge is -2.12. The first-order valence-electron chi connectivity index (χ1n) is 4.85. The monoisotopic (exact) mass is 185 g/mol. The molecule has 0 bridgehead atoms. The number of carbonyl (C=O) groups is 1. The van der Waals surface area contributed by atoms with Crippen LogP contribution in [0.4, 0.5) is 0 Å². The predicted molar refractivity (Wildman–Crippen MR) is 52.6 cm³/mol. The number of hydrogen-bond acceptors (Lipinski definition) is 3. The Bertz CT molecular complexity index is 172. The molecule has 0 aliphatic carbocycles. The van der Waals surface area contributed by atoms with E-state index in [0.29, 0.717) is 6.04 Å². The Morgan fingerprint density at radius 3 is 2.85 bits per heavy atom. The lowest BCUT2D eigenvalue weighted by Crippen LogP contribution is -2.37. The smallest absolute Gasteiger partial charge is 0.216 e. The fraction of sp³-hybridized carbons (Fsp3) is 0.889. The van der Waals surface area contributed by atoms with Crippen LogP contribution in [0, 0.1) is 0 Å². The molecule has 1 unspecified atom stereocenters. The first-order valence-corrected chi connectivity index (χ1v) is 4.85. The molecule has 1 aliphatic rings. The number of likely N-dealkylation sites (N-methyl/N-ethyl adjacent to an activating group) is 1. The highest BCUT2D eigenvalue weighted by Gasteiger charge is 2.17.